The third-order valence-corrected chi connectivity index (χ3v) is 7.56. The van der Waals surface area contributed by atoms with Crippen molar-refractivity contribution in [2.45, 2.75) is 62.8 Å². The lowest BCUT2D eigenvalue weighted by molar-refractivity contribution is -0.117. The van der Waals surface area contributed by atoms with Crippen LogP contribution in [-0.4, -0.2) is 37.8 Å². The molecule has 0 bridgehead atoms. The molecule has 0 radical (unpaired) electrons. The Bertz CT molecular complexity index is 788. The number of anilines is 1. The number of benzene rings is 1. The number of carbonyl (C=O) groups is 1. The highest BCUT2D eigenvalue weighted by molar-refractivity contribution is 7.89. The first kappa shape index (κ1) is 16.1. The minimum atomic E-state index is -3.48. The molecule has 0 N–H and O–H groups in total. The minimum absolute atomic E-state index is 0.102. The molecule has 130 valence electrons. The van der Waals surface area contributed by atoms with Crippen LogP contribution in [0.25, 0.3) is 0 Å². The Morgan fingerprint density at radius 1 is 1.12 bits per heavy atom. The predicted octanol–water partition coefficient (Wildman–Crippen LogP) is 2.48. The molecule has 0 aromatic heterocycles. The molecule has 24 heavy (non-hydrogen) atoms. The average Bonchev–Trinajstić information content (AvgIpc) is 2.92. The summed E-state index contributed by atoms with van der Waals surface area (Å²) in [5, 5.41) is 0. The molecule has 3 aliphatic heterocycles. The quantitative estimate of drug-likeness (QED) is 0.843. The molecular formula is C18H24N2O3S. The highest BCUT2D eigenvalue weighted by atomic mass is 32.2. The van der Waals surface area contributed by atoms with Gasteiger partial charge in [0.25, 0.3) is 0 Å². The number of sulfonamides is 1. The van der Waals surface area contributed by atoms with Gasteiger partial charge in [-0.1, -0.05) is 13.3 Å². The van der Waals surface area contributed by atoms with E-state index >= 15 is 0 Å². The second-order valence-corrected chi connectivity index (χ2v) is 8.98. The van der Waals surface area contributed by atoms with E-state index < -0.39 is 10.0 Å². The summed E-state index contributed by atoms with van der Waals surface area (Å²) < 4.78 is 28.2. The van der Waals surface area contributed by atoms with Crippen LogP contribution < -0.4 is 4.90 Å². The summed E-state index contributed by atoms with van der Waals surface area (Å²) in [6, 6.07) is 3.67. The van der Waals surface area contributed by atoms with Crippen molar-refractivity contribution in [2.24, 2.45) is 0 Å². The third kappa shape index (κ3) is 2.39. The van der Waals surface area contributed by atoms with E-state index in [-0.39, 0.29) is 11.9 Å². The lowest BCUT2D eigenvalue weighted by Crippen LogP contribution is -2.43. The average molecular weight is 348 g/mol. The van der Waals surface area contributed by atoms with Gasteiger partial charge in [-0.15, -0.1) is 0 Å². The van der Waals surface area contributed by atoms with Crippen molar-refractivity contribution in [1.82, 2.24) is 4.31 Å². The molecule has 1 atom stereocenters. The summed E-state index contributed by atoms with van der Waals surface area (Å²) in [6.07, 6.45) is 5.92. The van der Waals surface area contributed by atoms with Crippen molar-refractivity contribution in [1.29, 1.82) is 0 Å². The summed E-state index contributed by atoms with van der Waals surface area (Å²) in [4.78, 5) is 14.4. The number of piperidine rings is 1. The Balaban J connectivity index is 1.77. The van der Waals surface area contributed by atoms with Crippen LogP contribution in [-0.2, 0) is 27.7 Å². The van der Waals surface area contributed by atoms with Crippen LogP contribution >= 0.6 is 0 Å². The first-order valence-electron chi connectivity index (χ1n) is 9.00. The van der Waals surface area contributed by atoms with Crippen molar-refractivity contribution in [3.05, 3.63) is 23.3 Å². The smallest absolute Gasteiger partial charge is 0.243 e. The Kier molecular flexibility index (Phi) is 3.92. The molecule has 4 rings (SSSR count). The number of hydrogen-bond acceptors (Lipinski definition) is 3. The molecule has 0 aliphatic carbocycles. The Morgan fingerprint density at radius 2 is 1.92 bits per heavy atom. The molecule has 0 saturated carbocycles. The molecular weight excluding hydrogens is 324 g/mol. The number of hydrogen-bond donors (Lipinski definition) is 0. The minimum Gasteiger partial charge on any atom is -0.312 e. The van der Waals surface area contributed by atoms with Crippen molar-refractivity contribution in [2.75, 3.05) is 18.0 Å². The summed E-state index contributed by atoms with van der Waals surface area (Å²) in [6.45, 7) is 3.43. The van der Waals surface area contributed by atoms with Crippen LogP contribution in [0.15, 0.2) is 17.0 Å². The van der Waals surface area contributed by atoms with E-state index in [1.165, 1.54) is 0 Å². The molecule has 1 aromatic carbocycles. The zero-order valence-electron chi connectivity index (χ0n) is 14.1. The summed E-state index contributed by atoms with van der Waals surface area (Å²) >= 11 is 0. The van der Waals surface area contributed by atoms with Gasteiger partial charge in [-0.3, -0.25) is 4.79 Å². The molecule has 0 spiro atoms. The fraction of sp³-hybridized carbons (Fsp3) is 0.611. The second-order valence-electron chi connectivity index (χ2n) is 7.09. The zero-order valence-corrected chi connectivity index (χ0v) is 14.9. The van der Waals surface area contributed by atoms with Crippen molar-refractivity contribution >= 4 is 21.6 Å². The zero-order chi connectivity index (χ0) is 16.9. The van der Waals surface area contributed by atoms with Gasteiger partial charge >= 0.3 is 0 Å². The number of rotatable bonds is 3. The van der Waals surface area contributed by atoms with Gasteiger partial charge in [-0.2, -0.15) is 4.31 Å². The van der Waals surface area contributed by atoms with Crippen LogP contribution in [0.1, 0.15) is 50.2 Å². The second kappa shape index (κ2) is 5.85. The maximum atomic E-state index is 13.2. The van der Waals surface area contributed by atoms with Gasteiger partial charge in [0.2, 0.25) is 15.9 Å². The molecule has 1 saturated heterocycles. The van der Waals surface area contributed by atoms with E-state index in [1.807, 2.05) is 11.0 Å². The van der Waals surface area contributed by atoms with E-state index in [1.54, 1.807) is 10.4 Å². The Morgan fingerprint density at radius 3 is 2.71 bits per heavy atom. The standard InChI is InChI=1S/C18H24N2O3S/c1-2-15-7-3-4-9-20(15)24(22,23)16-10-13-6-5-8-19-17(21)12-14(11-16)18(13)19/h10-11,15H,2-9,12H2,1H3. The Hall–Kier alpha value is -1.40. The SMILES string of the molecule is CCC1CCCCN1S(=O)(=O)c1cc2c3c(c1)CC(=O)N3CCC2. The Labute approximate surface area is 143 Å². The van der Waals surface area contributed by atoms with Crippen LogP contribution in [0.4, 0.5) is 5.69 Å². The maximum absolute atomic E-state index is 13.2. The first-order chi connectivity index (χ1) is 11.5. The molecule has 3 heterocycles. The van der Waals surface area contributed by atoms with Gasteiger partial charge in [-0.25, -0.2) is 8.42 Å². The van der Waals surface area contributed by atoms with Gasteiger partial charge in [-0.05, 0) is 55.4 Å². The summed E-state index contributed by atoms with van der Waals surface area (Å²) in [5.74, 6) is 0.102. The number of nitrogens with zero attached hydrogens (tertiary/aromatic N) is 2. The molecule has 1 aromatic rings. The van der Waals surface area contributed by atoms with E-state index in [9.17, 15) is 13.2 Å². The maximum Gasteiger partial charge on any atom is 0.243 e. The van der Waals surface area contributed by atoms with E-state index in [2.05, 4.69) is 6.92 Å². The topological polar surface area (TPSA) is 57.7 Å². The fourth-order valence-corrected chi connectivity index (χ4v) is 6.30. The van der Waals surface area contributed by atoms with Gasteiger partial charge in [0.15, 0.2) is 0 Å². The molecule has 1 unspecified atom stereocenters. The molecule has 6 heteroatoms. The van der Waals surface area contributed by atoms with Gasteiger partial charge in [0.1, 0.15) is 0 Å². The van der Waals surface area contributed by atoms with Crippen LogP contribution in [0.2, 0.25) is 0 Å². The number of amides is 1. The number of carbonyl (C=O) groups excluding carboxylic acids is 1. The lowest BCUT2D eigenvalue weighted by atomic mass is 10.0. The fourth-order valence-electron chi connectivity index (χ4n) is 4.43. The van der Waals surface area contributed by atoms with Crippen LogP contribution in [0, 0.1) is 0 Å². The van der Waals surface area contributed by atoms with E-state index in [0.29, 0.717) is 17.9 Å². The van der Waals surface area contributed by atoms with Gasteiger partial charge in [0, 0.05) is 19.1 Å². The molecule has 1 fully saturated rings. The van der Waals surface area contributed by atoms with Crippen molar-refractivity contribution < 1.29 is 13.2 Å². The predicted molar refractivity (Wildman–Crippen MR) is 92.6 cm³/mol. The monoisotopic (exact) mass is 348 g/mol. The van der Waals surface area contributed by atoms with Gasteiger partial charge < -0.3 is 4.90 Å². The first-order valence-corrected chi connectivity index (χ1v) is 10.4. The molecule has 3 aliphatic rings. The largest absolute Gasteiger partial charge is 0.312 e. The van der Waals surface area contributed by atoms with Crippen LogP contribution in [0.5, 0.6) is 0 Å². The highest BCUT2D eigenvalue weighted by Gasteiger charge is 2.37. The number of aryl methyl sites for hydroxylation is 1. The van der Waals surface area contributed by atoms with Crippen molar-refractivity contribution in [3.8, 4) is 0 Å². The van der Waals surface area contributed by atoms with E-state index in [0.717, 1.165) is 61.9 Å². The van der Waals surface area contributed by atoms with Crippen molar-refractivity contribution in [3.63, 3.8) is 0 Å². The highest BCUT2D eigenvalue weighted by Crippen LogP contribution is 2.39. The lowest BCUT2D eigenvalue weighted by Gasteiger charge is -2.34. The normalized spacial score (nSPS) is 24.3. The van der Waals surface area contributed by atoms with E-state index in [4.69, 9.17) is 0 Å². The molecule has 5 nitrogen and oxygen atoms in total. The molecule has 1 amide bonds. The van der Waals surface area contributed by atoms with Crippen LogP contribution in [0.3, 0.4) is 0 Å². The third-order valence-electron chi connectivity index (χ3n) is 5.63. The summed E-state index contributed by atoms with van der Waals surface area (Å²) in [7, 11) is -3.48. The summed E-state index contributed by atoms with van der Waals surface area (Å²) in [5.41, 5.74) is 2.89. The van der Waals surface area contributed by atoms with Gasteiger partial charge in [0.05, 0.1) is 17.0 Å².